The largest absolute Gasteiger partial charge is 0.487 e. The average Bonchev–Trinajstić information content (AvgIpc) is 2.80. The summed E-state index contributed by atoms with van der Waals surface area (Å²) in [6.07, 6.45) is 1.68. The van der Waals surface area contributed by atoms with Crippen LogP contribution in [-0.2, 0) is 6.61 Å². The van der Waals surface area contributed by atoms with Gasteiger partial charge in [-0.25, -0.2) is 0 Å². The number of hydrogen-bond acceptors (Lipinski definition) is 2. The molecule has 0 saturated carbocycles. The summed E-state index contributed by atoms with van der Waals surface area (Å²) in [4.78, 5) is 0. The first-order valence-corrected chi connectivity index (χ1v) is 6.52. The molecule has 0 bridgehead atoms. The van der Waals surface area contributed by atoms with E-state index in [1.165, 1.54) is 0 Å². The highest BCUT2D eigenvalue weighted by atomic mass is 35.5. The summed E-state index contributed by atoms with van der Waals surface area (Å²) in [5.41, 5.74) is 1.74. The maximum Gasteiger partial charge on any atom is 0.138 e. The third-order valence-corrected chi connectivity index (χ3v) is 3.38. The van der Waals surface area contributed by atoms with Gasteiger partial charge in [-0.1, -0.05) is 35.3 Å². The van der Waals surface area contributed by atoms with Crippen molar-refractivity contribution in [1.29, 1.82) is 0 Å². The summed E-state index contributed by atoms with van der Waals surface area (Å²) in [7, 11) is 0. The lowest BCUT2D eigenvalue weighted by molar-refractivity contribution is 0.306. The van der Waals surface area contributed by atoms with Crippen LogP contribution in [0.2, 0.25) is 10.0 Å². The molecule has 0 amide bonds. The zero-order chi connectivity index (χ0) is 13.2. The highest BCUT2D eigenvalue weighted by Gasteiger charge is 2.08. The molecule has 2 aromatic carbocycles. The van der Waals surface area contributed by atoms with Crippen LogP contribution in [0.15, 0.2) is 53.1 Å². The molecule has 2 nitrogen and oxygen atoms in total. The van der Waals surface area contributed by atoms with Crippen LogP contribution in [0.4, 0.5) is 0 Å². The van der Waals surface area contributed by atoms with E-state index >= 15 is 0 Å². The molecule has 3 rings (SSSR count). The number of para-hydroxylation sites is 1. The summed E-state index contributed by atoms with van der Waals surface area (Å²) in [5.74, 6) is 0.653. The maximum atomic E-state index is 6.04. The molecule has 19 heavy (non-hydrogen) atoms. The second-order valence-electron chi connectivity index (χ2n) is 4.12. The van der Waals surface area contributed by atoms with Crippen molar-refractivity contribution in [2.75, 3.05) is 0 Å². The number of fused-ring (bicyclic) bond motifs is 1. The van der Waals surface area contributed by atoms with E-state index in [-0.39, 0.29) is 0 Å². The van der Waals surface area contributed by atoms with Crippen LogP contribution in [0.25, 0.3) is 11.0 Å². The van der Waals surface area contributed by atoms with Crippen LogP contribution in [0.3, 0.4) is 0 Å². The van der Waals surface area contributed by atoms with E-state index in [0.717, 1.165) is 16.5 Å². The van der Waals surface area contributed by atoms with Crippen molar-refractivity contribution in [1.82, 2.24) is 0 Å². The van der Waals surface area contributed by atoms with E-state index in [2.05, 4.69) is 0 Å². The fourth-order valence-corrected chi connectivity index (χ4v) is 2.25. The van der Waals surface area contributed by atoms with Gasteiger partial charge in [-0.3, -0.25) is 0 Å². The van der Waals surface area contributed by atoms with Crippen LogP contribution in [0.5, 0.6) is 5.75 Å². The third kappa shape index (κ3) is 2.55. The fraction of sp³-hybridized carbons (Fsp3) is 0.0667. The van der Waals surface area contributed by atoms with Crippen molar-refractivity contribution >= 4 is 34.2 Å². The first-order valence-electron chi connectivity index (χ1n) is 5.77. The first kappa shape index (κ1) is 12.4. The Balaban J connectivity index is 1.86. The monoisotopic (exact) mass is 292 g/mol. The molecule has 0 N–H and O–H groups in total. The topological polar surface area (TPSA) is 22.4 Å². The molecule has 0 radical (unpaired) electrons. The summed E-state index contributed by atoms with van der Waals surface area (Å²) in [5, 5.41) is 2.22. The van der Waals surface area contributed by atoms with Crippen LogP contribution in [0.1, 0.15) is 5.56 Å². The predicted octanol–water partition coefficient (Wildman–Crippen LogP) is 5.32. The van der Waals surface area contributed by atoms with Gasteiger partial charge in [0, 0.05) is 16.0 Å². The van der Waals surface area contributed by atoms with Crippen molar-refractivity contribution in [2.24, 2.45) is 0 Å². The maximum absolute atomic E-state index is 6.04. The number of ether oxygens (including phenoxy) is 1. The standard InChI is InChI=1S/C15H10Cl2O2/c16-11-5-6-14-12(7-11)10(8-18-14)9-19-15-4-2-1-3-13(15)17/h1-8H,9H2. The van der Waals surface area contributed by atoms with Gasteiger partial charge in [0.15, 0.2) is 0 Å². The first-order chi connectivity index (χ1) is 9.24. The van der Waals surface area contributed by atoms with Crippen molar-refractivity contribution in [2.45, 2.75) is 6.61 Å². The minimum absolute atomic E-state index is 0.386. The quantitative estimate of drug-likeness (QED) is 0.652. The lowest BCUT2D eigenvalue weighted by atomic mass is 10.2. The minimum atomic E-state index is 0.386. The third-order valence-electron chi connectivity index (χ3n) is 2.84. The van der Waals surface area contributed by atoms with E-state index in [9.17, 15) is 0 Å². The summed E-state index contributed by atoms with van der Waals surface area (Å²) >= 11 is 12.0. The van der Waals surface area contributed by atoms with Crippen molar-refractivity contribution < 1.29 is 9.15 Å². The minimum Gasteiger partial charge on any atom is -0.487 e. The van der Waals surface area contributed by atoms with Gasteiger partial charge in [0.05, 0.1) is 11.3 Å². The van der Waals surface area contributed by atoms with Crippen LogP contribution in [-0.4, -0.2) is 0 Å². The van der Waals surface area contributed by atoms with Crippen LogP contribution in [0, 0.1) is 0 Å². The Morgan fingerprint density at radius 3 is 2.74 bits per heavy atom. The lowest BCUT2D eigenvalue weighted by Crippen LogP contribution is -1.94. The molecule has 0 aliphatic rings. The molecule has 3 aromatic rings. The van der Waals surface area contributed by atoms with Gasteiger partial charge in [0.2, 0.25) is 0 Å². The summed E-state index contributed by atoms with van der Waals surface area (Å²) < 4.78 is 11.1. The second kappa shape index (κ2) is 5.16. The molecule has 0 fully saturated rings. The van der Waals surface area contributed by atoms with Crippen molar-refractivity contribution in [3.8, 4) is 5.75 Å². The van der Waals surface area contributed by atoms with E-state index in [4.69, 9.17) is 32.4 Å². The second-order valence-corrected chi connectivity index (χ2v) is 4.96. The van der Waals surface area contributed by atoms with Gasteiger partial charge in [0.25, 0.3) is 0 Å². The number of hydrogen-bond donors (Lipinski definition) is 0. The predicted molar refractivity (Wildman–Crippen MR) is 77.0 cm³/mol. The van der Waals surface area contributed by atoms with Gasteiger partial charge in [0.1, 0.15) is 17.9 Å². The molecule has 0 aliphatic heterocycles. The zero-order valence-corrected chi connectivity index (χ0v) is 11.4. The Hall–Kier alpha value is -1.64. The Labute approximate surface area is 120 Å². The van der Waals surface area contributed by atoms with Gasteiger partial charge < -0.3 is 9.15 Å². The number of furan rings is 1. The van der Waals surface area contributed by atoms with Crippen molar-refractivity contribution in [3.63, 3.8) is 0 Å². The van der Waals surface area contributed by atoms with Gasteiger partial charge in [-0.15, -0.1) is 0 Å². The SMILES string of the molecule is Clc1ccc2occ(COc3ccccc3Cl)c2c1. The average molecular weight is 293 g/mol. The van der Waals surface area contributed by atoms with Crippen LogP contribution >= 0.6 is 23.2 Å². The number of benzene rings is 2. The molecule has 0 spiro atoms. The molecule has 0 saturated heterocycles. The molecule has 1 heterocycles. The summed E-state index contributed by atoms with van der Waals surface area (Å²) in [6, 6.07) is 12.9. The lowest BCUT2D eigenvalue weighted by Gasteiger charge is -2.06. The Morgan fingerprint density at radius 2 is 1.89 bits per heavy atom. The molecule has 1 aromatic heterocycles. The Kier molecular flexibility index (Phi) is 3.36. The molecule has 96 valence electrons. The van der Waals surface area contributed by atoms with E-state index < -0.39 is 0 Å². The molecule has 0 aliphatic carbocycles. The van der Waals surface area contributed by atoms with Crippen LogP contribution < -0.4 is 4.74 Å². The number of halogens is 2. The van der Waals surface area contributed by atoms with Crippen molar-refractivity contribution in [3.05, 3.63) is 64.3 Å². The molecular formula is C15H10Cl2O2. The Bertz CT molecular complexity index is 719. The number of rotatable bonds is 3. The molecule has 0 unspecified atom stereocenters. The smallest absolute Gasteiger partial charge is 0.138 e. The molecular weight excluding hydrogens is 283 g/mol. The van der Waals surface area contributed by atoms with Gasteiger partial charge in [-0.2, -0.15) is 0 Å². The summed E-state index contributed by atoms with van der Waals surface area (Å²) in [6.45, 7) is 0.386. The molecule has 0 atom stereocenters. The highest BCUT2D eigenvalue weighted by Crippen LogP contribution is 2.28. The van der Waals surface area contributed by atoms with E-state index in [0.29, 0.717) is 22.4 Å². The van der Waals surface area contributed by atoms with E-state index in [1.54, 1.807) is 18.4 Å². The Morgan fingerprint density at radius 1 is 1.05 bits per heavy atom. The molecule has 4 heteroatoms. The van der Waals surface area contributed by atoms with Gasteiger partial charge in [-0.05, 0) is 30.3 Å². The fourth-order valence-electron chi connectivity index (χ4n) is 1.88. The van der Waals surface area contributed by atoms with Gasteiger partial charge >= 0.3 is 0 Å². The highest BCUT2D eigenvalue weighted by molar-refractivity contribution is 6.32. The van der Waals surface area contributed by atoms with E-state index in [1.807, 2.05) is 30.3 Å². The zero-order valence-electron chi connectivity index (χ0n) is 9.90. The normalized spacial score (nSPS) is 10.8.